The molecule has 0 unspecified atom stereocenters. The lowest BCUT2D eigenvalue weighted by Crippen LogP contribution is -2.34. The lowest BCUT2D eigenvalue weighted by molar-refractivity contribution is -0.384. The van der Waals surface area contributed by atoms with Crippen LogP contribution in [0.2, 0.25) is 0 Å². The van der Waals surface area contributed by atoms with Crippen molar-refractivity contribution in [1.82, 2.24) is 5.01 Å². The zero-order valence-corrected chi connectivity index (χ0v) is 14.7. The van der Waals surface area contributed by atoms with Crippen LogP contribution >= 0.6 is 24.0 Å². The average Bonchev–Trinajstić information content (AvgIpc) is 2.90. The number of thioether (sulfide) groups is 1. The molecule has 1 aliphatic rings. The number of hydrogen-bond donors (Lipinski definition) is 1. The molecule has 1 saturated heterocycles. The van der Waals surface area contributed by atoms with Crippen LogP contribution < -0.4 is 5.43 Å². The number of nitro benzene ring substituents is 1. The minimum atomic E-state index is -0.535. The number of carbonyl (C=O) groups excluding carboxylic acids is 1. The van der Waals surface area contributed by atoms with Crippen LogP contribution in [0.3, 0.4) is 0 Å². The molecule has 128 valence electrons. The first-order chi connectivity index (χ1) is 12.5. The number of nitrogens with one attached hydrogen (secondary N) is 1. The second-order valence-corrected chi connectivity index (χ2v) is 6.81. The van der Waals surface area contributed by atoms with E-state index in [2.05, 4.69) is 5.43 Å². The zero-order chi connectivity index (χ0) is 18.7. The van der Waals surface area contributed by atoms with Crippen LogP contribution in [-0.4, -0.2) is 20.2 Å². The number of para-hydroxylation sites is 2. The fraction of sp³-hybridized carbons (Fsp3) is 0. The molecular formula is C17H10N4O3S2. The molecule has 0 aliphatic carbocycles. The molecule has 1 N–H and O–H groups in total. The van der Waals surface area contributed by atoms with Crippen molar-refractivity contribution in [3.05, 3.63) is 74.7 Å². The molecule has 0 radical (unpaired) electrons. The summed E-state index contributed by atoms with van der Waals surface area (Å²) in [5.74, 6) is -0.400. The van der Waals surface area contributed by atoms with Crippen molar-refractivity contribution >= 4 is 51.7 Å². The van der Waals surface area contributed by atoms with Crippen LogP contribution in [0, 0.1) is 21.4 Å². The van der Waals surface area contributed by atoms with Crippen LogP contribution in [0.25, 0.3) is 6.08 Å². The lowest BCUT2D eigenvalue weighted by atomic mass is 10.1. The summed E-state index contributed by atoms with van der Waals surface area (Å²) in [5.41, 5.74) is 4.01. The van der Waals surface area contributed by atoms with Gasteiger partial charge in [0, 0.05) is 6.07 Å². The van der Waals surface area contributed by atoms with E-state index < -0.39 is 10.8 Å². The molecule has 0 bridgehead atoms. The van der Waals surface area contributed by atoms with E-state index in [9.17, 15) is 14.9 Å². The van der Waals surface area contributed by atoms with Crippen molar-refractivity contribution in [3.8, 4) is 6.07 Å². The first kappa shape index (κ1) is 17.6. The summed E-state index contributed by atoms with van der Waals surface area (Å²) in [4.78, 5) is 23.5. The Balaban J connectivity index is 1.84. The maximum absolute atomic E-state index is 12.6. The Bertz CT molecular complexity index is 980. The maximum Gasteiger partial charge on any atom is 0.294 e. The Labute approximate surface area is 158 Å². The number of hydrogen-bond acceptors (Lipinski definition) is 7. The van der Waals surface area contributed by atoms with E-state index in [0.29, 0.717) is 10.5 Å². The number of benzene rings is 2. The summed E-state index contributed by atoms with van der Waals surface area (Å²) < 4.78 is 0.244. The molecule has 0 spiro atoms. The van der Waals surface area contributed by atoms with Gasteiger partial charge in [0.15, 0.2) is 4.32 Å². The zero-order valence-electron chi connectivity index (χ0n) is 13.1. The SMILES string of the molecule is N#Cc1ccc(/C=C2/SC(=S)N(Nc3ccccc3[N+](=O)[O-])C2=O)cc1. The largest absolute Gasteiger partial charge is 0.294 e. The highest BCUT2D eigenvalue weighted by Gasteiger charge is 2.33. The minimum Gasteiger partial charge on any atom is -0.283 e. The van der Waals surface area contributed by atoms with Gasteiger partial charge in [0.1, 0.15) is 5.69 Å². The molecular weight excluding hydrogens is 372 g/mol. The van der Waals surface area contributed by atoms with Gasteiger partial charge in [-0.15, -0.1) is 0 Å². The first-order valence-corrected chi connectivity index (χ1v) is 8.50. The molecule has 26 heavy (non-hydrogen) atoms. The van der Waals surface area contributed by atoms with Crippen molar-refractivity contribution < 1.29 is 9.72 Å². The molecule has 9 heteroatoms. The predicted octanol–water partition coefficient (Wildman–Crippen LogP) is 3.69. The number of hydrazine groups is 1. The van der Waals surface area contributed by atoms with Crippen molar-refractivity contribution in [2.24, 2.45) is 0 Å². The van der Waals surface area contributed by atoms with Crippen LogP contribution in [0.15, 0.2) is 53.4 Å². The molecule has 2 aromatic rings. The number of rotatable bonds is 4. The fourth-order valence-electron chi connectivity index (χ4n) is 2.22. The van der Waals surface area contributed by atoms with Gasteiger partial charge in [0.2, 0.25) is 0 Å². The molecule has 2 aromatic carbocycles. The van der Waals surface area contributed by atoms with Gasteiger partial charge >= 0.3 is 0 Å². The van der Waals surface area contributed by atoms with Gasteiger partial charge in [-0.25, -0.2) is 5.01 Å². The van der Waals surface area contributed by atoms with Crippen molar-refractivity contribution in [2.75, 3.05) is 5.43 Å². The molecule has 1 fully saturated rings. The van der Waals surface area contributed by atoms with Gasteiger partial charge in [0.25, 0.3) is 11.6 Å². The molecule has 1 heterocycles. The third-order valence-electron chi connectivity index (χ3n) is 3.46. The average molecular weight is 382 g/mol. The Morgan fingerprint density at radius 2 is 1.92 bits per heavy atom. The number of nitriles is 1. The summed E-state index contributed by atoms with van der Waals surface area (Å²) in [7, 11) is 0. The van der Waals surface area contributed by atoms with Crippen LogP contribution in [0.5, 0.6) is 0 Å². The standard InChI is InChI=1S/C17H10N4O3S2/c18-10-12-7-5-11(6-8-12)9-15-16(22)20(17(25)26-15)19-13-3-1-2-4-14(13)21(23)24/h1-9,19H/b15-9+. The first-order valence-electron chi connectivity index (χ1n) is 7.28. The quantitative estimate of drug-likeness (QED) is 0.372. The molecule has 0 atom stereocenters. The Morgan fingerprint density at radius 3 is 2.58 bits per heavy atom. The third kappa shape index (κ3) is 3.56. The highest BCUT2D eigenvalue weighted by Crippen LogP contribution is 2.34. The van der Waals surface area contributed by atoms with Gasteiger partial charge in [-0.3, -0.25) is 20.3 Å². The molecule has 3 rings (SSSR count). The fourth-order valence-corrected chi connectivity index (χ4v) is 3.40. The summed E-state index contributed by atoms with van der Waals surface area (Å²) >= 11 is 6.30. The topological polar surface area (TPSA) is 99.3 Å². The Hall–Kier alpha value is -3.22. The second kappa shape index (κ2) is 7.35. The van der Waals surface area contributed by atoms with Crippen molar-refractivity contribution in [1.29, 1.82) is 5.26 Å². The molecule has 1 aliphatic heterocycles. The van der Waals surface area contributed by atoms with Crippen molar-refractivity contribution in [2.45, 2.75) is 0 Å². The summed E-state index contributed by atoms with van der Waals surface area (Å²) in [6.45, 7) is 0. The summed E-state index contributed by atoms with van der Waals surface area (Å²) in [5, 5.41) is 21.0. The number of anilines is 1. The monoisotopic (exact) mass is 382 g/mol. The Morgan fingerprint density at radius 1 is 1.23 bits per heavy atom. The van der Waals surface area contributed by atoms with Gasteiger partial charge in [-0.05, 0) is 42.1 Å². The molecule has 1 amide bonds. The Kier molecular flexibility index (Phi) is 4.97. The second-order valence-electron chi connectivity index (χ2n) is 5.14. The van der Waals surface area contributed by atoms with E-state index in [-0.39, 0.29) is 15.7 Å². The van der Waals surface area contributed by atoms with Gasteiger partial charge < -0.3 is 0 Å². The van der Waals surface area contributed by atoms with E-state index in [1.165, 1.54) is 12.1 Å². The van der Waals surface area contributed by atoms with E-state index in [4.69, 9.17) is 17.5 Å². The third-order valence-corrected chi connectivity index (χ3v) is 4.77. The minimum absolute atomic E-state index is 0.155. The molecule has 7 nitrogen and oxygen atoms in total. The maximum atomic E-state index is 12.6. The van der Waals surface area contributed by atoms with Crippen molar-refractivity contribution in [3.63, 3.8) is 0 Å². The highest BCUT2D eigenvalue weighted by molar-refractivity contribution is 8.26. The summed E-state index contributed by atoms with van der Waals surface area (Å²) in [6, 6.07) is 14.8. The smallest absolute Gasteiger partial charge is 0.283 e. The number of carbonyl (C=O) groups is 1. The van der Waals surface area contributed by atoms with E-state index in [1.807, 2.05) is 6.07 Å². The number of nitro groups is 1. The van der Waals surface area contributed by atoms with Crippen LogP contribution in [0.1, 0.15) is 11.1 Å². The van der Waals surface area contributed by atoms with Gasteiger partial charge in [0.05, 0.1) is 21.5 Å². The van der Waals surface area contributed by atoms with Gasteiger partial charge in [-0.2, -0.15) is 5.26 Å². The number of amides is 1. The normalized spacial score (nSPS) is 15.2. The van der Waals surface area contributed by atoms with E-state index in [1.54, 1.807) is 42.5 Å². The summed E-state index contributed by atoms with van der Waals surface area (Å²) in [6.07, 6.45) is 1.65. The van der Waals surface area contributed by atoms with E-state index >= 15 is 0 Å². The molecule has 0 aromatic heterocycles. The molecule has 0 saturated carbocycles. The van der Waals surface area contributed by atoms with Gasteiger partial charge in [-0.1, -0.05) is 36.0 Å². The van der Waals surface area contributed by atoms with Crippen LogP contribution in [0.4, 0.5) is 11.4 Å². The number of thiocarbonyl (C=S) groups is 1. The number of nitrogens with zero attached hydrogens (tertiary/aromatic N) is 3. The highest BCUT2D eigenvalue weighted by atomic mass is 32.2. The predicted molar refractivity (Wildman–Crippen MR) is 103 cm³/mol. The van der Waals surface area contributed by atoms with E-state index in [0.717, 1.165) is 22.3 Å². The lowest BCUT2D eigenvalue weighted by Gasteiger charge is -2.16. The van der Waals surface area contributed by atoms with Crippen LogP contribution in [-0.2, 0) is 4.79 Å².